The number of carbonyl (C=O) groups excluding carboxylic acids is 4. The van der Waals surface area contributed by atoms with Crippen LogP contribution in [0.1, 0.15) is 291 Å². The van der Waals surface area contributed by atoms with Crippen molar-refractivity contribution in [3.63, 3.8) is 0 Å². The summed E-state index contributed by atoms with van der Waals surface area (Å²) < 4.78 is 67.6. The lowest BCUT2D eigenvalue weighted by atomic mass is 10.00. The Labute approximate surface area is 473 Å². The van der Waals surface area contributed by atoms with Crippen molar-refractivity contribution in [3.8, 4) is 0 Å². The van der Waals surface area contributed by atoms with Crippen LogP contribution in [0.25, 0.3) is 0 Å². The third-order valence-corrected chi connectivity index (χ3v) is 15.8. The molecule has 0 saturated heterocycles. The van der Waals surface area contributed by atoms with Gasteiger partial charge in [-0.25, -0.2) is 9.13 Å². The molecule has 0 aliphatic rings. The van der Waals surface area contributed by atoms with Gasteiger partial charge in [-0.1, -0.05) is 240 Å². The highest BCUT2D eigenvalue weighted by Crippen LogP contribution is 2.45. The number of phosphoric ester groups is 2. The molecule has 0 aliphatic carbocycles. The Morgan fingerprint density at radius 3 is 0.910 bits per heavy atom. The van der Waals surface area contributed by atoms with Gasteiger partial charge in [-0.2, -0.15) is 0 Å². The fraction of sp³-hybridized carbons (Fsp3) is 0.932. The first-order chi connectivity index (χ1) is 37.6. The number of ether oxygens (including phenoxy) is 4. The zero-order chi connectivity index (χ0) is 57.8. The monoisotopic (exact) mass is 1160 g/mol. The summed E-state index contributed by atoms with van der Waals surface area (Å²) >= 11 is 0. The number of hydrogen-bond donors (Lipinski definition) is 3. The normalized spacial score (nSPS) is 14.7. The maximum absolute atomic E-state index is 12.9. The van der Waals surface area contributed by atoms with Crippen molar-refractivity contribution >= 4 is 39.5 Å². The summed E-state index contributed by atoms with van der Waals surface area (Å²) in [5.41, 5.74) is 0. The number of rotatable bonds is 59. The minimum absolute atomic E-state index is 0.105. The van der Waals surface area contributed by atoms with Crippen LogP contribution in [0.3, 0.4) is 0 Å². The van der Waals surface area contributed by atoms with Crippen molar-refractivity contribution < 1.29 is 80.2 Å². The Morgan fingerprint density at radius 2 is 0.615 bits per heavy atom. The molecular weight excluding hydrogens is 1040 g/mol. The molecule has 19 heteroatoms. The number of aliphatic hydroxyl groups is 1. The molecule has 0 heterocycles. The van der Waals surface area contributed by atoms with Gasteiger partial charge in [-0.15, -0.1) is 0 Å². The Kier molecular flexibility index (Phi) is 51.8. The van der Waals surface area contributed by atoms with E-state index in [0.717, 1.165) is 109 Å². The first kappa shape index (κ1) is 76.1. The van der Waals surface area contributed by atoms with Crippen LogP contribution in [-0.4, -0.2) is 96.7 Å². The van der Waals surface area contributed by atoms with E-state index in [0.29, 0.717) is 25.7 Å². The fourth-order valence-electron chi connectivity index (χ4n) is 8.67. The van der Waals surface area contributed by atoms with E-state index in [1.54, 1.807) is 0 Å². The summed E-state index contributed by atoms with van der Waals surface area (Å²) in [6.07, 6.45) is 35.2. The summed E-state index contributed by atoms with van der Waals surface area (Å²) in [7, 11) is -9.87. The van der Waals surface area contributed by atoms with E-state index in [9.17, 15) is 43.2 Å². The van der Waals surface area contributed by atoms with E-state index in [4.69, 9.17) is 37.0 Å². The number of esters is 4. The molecule has 462 valence electrons. The third-order valence-electron chi connectivity index (χ3n) is 13.9. The lowest BCUT2D eigenvalue weighted by Crippen LogP contribution is -2.30. The first-order valence-corrected chi connectivity index (χ1v) is 34.2. The molecule has 0 amide bonds. The Hall–Kier alpha value is -1.94. The Balaban J connectivity index is 5.18. The number of aliphatic hydroxyl groups excluding tert-OH is 1. The average molecular weight is 1160 g/mol. The Bertz CT molecular complexity index is 1540. The Morgan fingerprint density at radius 1 is 0.359 bits per heavy atom. The zero-order valence-corrected chi connectivity index (χ0v) is 51.6. The van der Waals surface area contributed by atoms with Gasteiger partial charge in [0, 0.05) is 25.7 Å². The third kappa shape index (κ3) is 52.2. The molecule has 0 aliphatic heterocycles. The molecule has 0 fully saturated rings. The van der Waals surface area contributed by atoms with E-state index in [2.05, 4.69) is 34.6 Å². The lowest BCUT2D eigenvalue weighted by Gasteiger charge is -2.21. The second kappa shape index (κ2) is 53.1. The quantitative estimate of drug-likeness (QED) is 0.0222. The van der Waals surface area contributed by atoms with Gasteiger partial charge in [0.05, 0.1) is 26.4 Å². The molecule has 0 spiro atoms. The minimum Gasteiger partial charge on any atom is -0.462 e. The van der Waals surface area contributed by atoms with Crippen LogP contribution in [0.5, 0.6) is 0 Å². The fourth-order valence-corrected chi connectivity index (χ4v) is 10.2. The van der Waals surface area contributed by atoms with Crippen molar-refractivity contribution in [2.24, 2.45) is 5.92 Å². The molecule has 3 N–H and O–H groups in total. The smallest absolute Gasteiger partial charge is 0.462 e. The van der Waals surface area contributed by atoms with Crippen LogP contribution in [0, 0.1) is 5.92 Å². The molecule has 0 bridgehead atoms. The molecule has 78 heavy (non-hydrogen) atoms. The van der Waals surface area contributed by atoms with Crippen molar-refractivity contribution in [1.29, 1.82) is 0 Å². The predicted octanol–water partition coefficient (Wildman–Crippen LogP) is 15.8. The van der Waals surface area contributed by atoms with Crippen LogP contribution in [-0.2, 0) is 65.4 Å². The van der Waals surface area contributed by atoms with Crippen LogP contribution < -0.4 is 0 Å². The molecule has 0 aromatic carbocycles. The summed E-state index contributed by atoms with van der Waals surface area (Å²) in [5.74, 6) is -1.42. The summed E-state index contributed by atoms with van der Waals surface area (Å²) in [5, 5.41) is 10.5. The van der Waals surface area contributed by atoms with Gasteiger partial charge in [-0.3, -0.25) is 37.3 Å². The van der Waals surface area contributed by atoms with Crippen molar-refractivity contribution in [3.05, 3.63) is 0 Å². The van der Waals surface area contributed by atoms with E-state index >= 15 is 0 Å². The summed E-state index contributed by atoms with van der Waals surface area (Å²) in [6.45, 7) is 7.02. The van der Waals surface area contributed by atoms with Crippen LogP contribution in [0.2, 0.25) is 0 Å². The highest BCUT2D eigenvalue weighted by molar-refractivity contribution is 7.47. The molecule has 0 aromatic heterocycles. The highest BCUT2D eigenvalue weighted by Gasteiger charge is 2.30. The van der Waals surface area contributed by atoms with Gasteiger partial charge in [0.2, 0.25) is 0 Å². The standard InChI is InChI=1S/C59H114O17P2/c1-6-10-13-16-18-20-21-22-23-24-26-28-35-40-45-59(64)76-55(49-70-57(62)43-38-33-30-29-32-36-41-52(5)9-4)51-74-78(67,68)72-47-53(60)46-71-77(65,66)73-50-54(48-69-56(61)42-37-31-15-12-8-3)75-58(63)44-39-34-27-25-19-17-14-11-7-2/h52-55,60H,6-51H2,1-5H3,(H,65,66)(H,67,68)/t52?,53-,54+,55+/m0/s1. The highest BCUT2D eigenvalue weighted by atomic mass is 31.2. The SMILES string of the molecule is CCCCCCCCCCCCCCCCC(=O)O[C@H](COC(=O)CCCCCCCCC(C)CC)COP(=O)(O)OC[C@@H](O)COP(=O)(O)OC[C@@H](COC(=O)CCCCCCC)OC(=O)CCCCCCCCCCC. The largest absolute Gasteiger partial charge is 0.472 e. The topological polar surface area (TPSA) is 237 Å². The second-order valence-electron chi connectivity index (χ2n) is 21.6. The van der Waals surface area contributed by atoms with E-state index in [1.165, 1.54) is 103 Å². The molecule has 6 atom stereocenters. The second-order valence-corrected chi connectivity index (χ2v) is 24.5. The summed E-state index contributed by atoms with van der Waals surface area (Å²) in [6, 6.07) is 0. The van der Waals surface area contributed by atoms with E-state index < -0.39 is 97.5 Å². The van der Waals surface area contributed by atoms with Gasteiger partial charge in [0.25, 0.3) is 0 Å². The van der Waals surface area contributed by atoms with Crippen LogP contribution >= 0.6 is 15.6 Å². The first-order valence-electron chi connectivity index (χ1n) is 31.2. The molecule has 3 unspecified atom stereocenters. The van der Waals surface area contributed by atoms with Gasteiger partial charge in [0.15, 0.2) is 12.2 Å². The van der Waals surface area contributed by atoms with Gasteiger partial charge in [-0.05, 0) is 31.6 Å². The van der Waals surface area contributed by atoms with Crippen molar-refractivity contribution in [2.45, 2.75) is 310 Å². The molecule has 0 saturated carbocycles. The predicted molar refractivity (Wildman–Crippen MR) is 308 cm³/mol. The molecule has 0 rings (SSSR count). The molecular formula is C59H114O17P2. The minimum atomic E-state index is -4.94. The van der Waals surface area contributed by atoms with Gasteiger partial charge in [0.1, 0.15) is 19.3 Å². The van der Waals surface area contributed by atoms with Crippen molar-refractivity contribution in [2.75, 3.05) is 39.6 Å². The zero-order valence-electron chi connectivity index (χ0n) is 49.8. The number of unbranched alkanes of at least 4 members (excludes halogenated alkanes) is 30. The van der Waals surface area contributed by atoms with Crippen molar-refractivity contribution in [1.82, 2.24) is 0 Å². The van der Waals surface area contributed by atoms with Crippen LogP contribution in [0.15, 0.2) is 0 Å². The van der Waals surface area contributed by atoms with E-state index in [-0.39, 0.29) is 25.7 Å². The summed E-state index contributed by atoms with van der Waals surface area (Å²) in [4.78, 5) is 71.7. The molecule has 0 aromatic rings. The van der Waals surface area contributed by atoms with Crippen LogP contribution in [0.4, 0.5) is 0 Å². The van der Waals surface area contributed by atoms with Gasteiger partial charge < -0.3 is 33.8 Å². The average Bonchev–Trinajstić information content (AvgIpc) is 3.41. The molecule has 17 nitrogen and oxygen atoms in total. The maximum Gasteiger partial charge on any atom is 0.472 e. The maximum atomic E-state index is 12.9. The van der Waals surface area contributed by atoms with Gasteiger partial charge >= 0.3 is 39.5 Å². The molecule has 0 radical (unpaired) electrons. The number of hydrogen-bond acceptors (Lipinski definition) is 15. The van der Waals surface area contributed by atoms with E-state index in [1.807, 2.05) is 0 Å². The lowest BCUT2D eigenvalue weighted by molar-refractivity contribution is -0.161. The number of phosphoric acid groups is 2. The number of carbonyl (C=O) groups is 4.